The summed E-state index contributed by atoms with van der Waals surface area (Å²) in [6, 6.07) is 11.6. The molecular formula is C16H16N2O6S. The van der Waals surface area contributed by atoms with Crippen molar-refractivity contribution in [3.05, 3.63) is 58.6 Å². The molecular weight excluding hydrogens is 348 g/mol. The van der Waals surface area contributed by atoms with Crippen LogP contribution in [0.2, 0.25) is 0 Å². The first-order valence-corrected chi connectivity index (χ1v) is 8.89. The minimum absolute atomic E-state index is 0.110. The van der Waals surface area contributed by atoms with E-state index in [-0.39, 0.29) is 34.2 Å². The topological polar surface area (TPSA) is 116 Å². The van der Waals surface area contributed by atoms with Crippen molar-refractivity contribution in [1.82, 2.24) is 0 Å². The predicted molar refractivity (Wildman–Crippen MR) is 91.4 cm³/mol. The van der Waals surface area contributed by atoms with E-state index in [4.69, 9.17) is 4.74 Å². The Kier molecular flexibility index (Phi) is 5.71. The van der Waals surface area contributed by atoms with E-state index in [9.17, 15) is 23.3 Å². The number of sulfone groups is 1. The fraction of sp³-hybridized carbons (Fsp3) is 0.188. The lowest BCUT2D eigenvalue weighted by Gasteiger charge is -2.10. The number of amides is 1. The Morgan fingerprint density at radius 2 is 1.88 bits per heavy atom. The van der Waals surface area contributed by atoms with Crippen LogP contribution in [-0.2, 0) is 14.6 Å². The van der Waals surface area contributed by atoms with Gasteiger partial charge in [0.2, 0.25) is 5.91 Å². The number of hydrogen-bond donors (Lipinski definition) is 1. The van der Waals surface area contributed by atoms with Crippen LogP contribution in [-0.4, -0.2) is 32.1 Å². The summed E-state index contributed by atoms with van der Waals surface area (Å²) in [5.74, 6) is -0.719. The van der Waals surface area contributed by atoms with Crippen LogP contribution in [0.4, 0.5) is 11.4 Å². The number of benzene rings is 2. The number of nitro benzene ring substituents is 1. The second-order valence-corrected chi connectivity index (χ2v) is 7.18. The molecule has 0 bridgehead atoms. The Morgan fingerprint density at radius 1 is 1.20 bits per heavy atom. The second-order valence-electron chi connectivity index (χ2n) is 5.07. The fourth-order valence-electron chi connectivity index (χ4n) is 2.09. The lowest BCUT2D eigenvalue weighted by Crippen LogP contribution is -2.18. The van der Waals surface area contributed by atoms with Crippen molar-refractivity contribution in [1.29, 1.82) is 0 Å². The zero-order valence-electron chi connectivity index (χ0n) is 13.3. The SMILES string of the molecule is COc1ccc([N+](=O)[O-])cc1NC(=O)CCS(=O)(=O)c1ccccc1. The molecule has 0 radical (unpaired) electrons. The molecule has 0 heterocycles. The Bertz CT molecular complexity index is 881. The average Bonchev–Trinajstić information content (AvgIpc) is 2.60. The van der Waals surface area contributed by atoms with Gasteiger partial charge in [-0.25, -0.2) is 8.42 Å². The molecule has 2 rings (SSSR count). The number of ether oxygens (including phenoxy) is 1. The highest BCUT2D eigenvalue weighted by Crippen LogP contribution is 2.29. The predicted octanol–water partition coefficient (Wildman–Crippen LogP) is 2.41. The van der Waals surface area contributed by atoms with Crippen LogP contribution in [0.3, 0.4) is 0 Å². The molecule has 132 valence electrons. The van der Waals surface area contributed by atoms with Crippen LogP contribution < -0.4 is 10.1 Å². The molecule has 2 aromatic rings. The van der Waals surface area contributed by atoms with E-state index in [1.165, 1.54) is 31.4 Å². The first-order valence-electron chi connectivity index (χ1n) is 7.23. The van der Waals surface area contributed by atoms with E-state index >= 15 is 0 Å². The highest BCUT2D eigenvalue weighted by atomic mass is 32.2. The van der Waals surface area contributed by atoms with E-state index in [1.807, 2.05) is 0 Å². The average molecular weight is 364 g/mol. The summed E-state index contributed by atoms with van der Waals surface area (Å²) in [5, 5.41) is 13.3. The van der Waals surface area contributed by atoms with Gasteiger partial charge in [0.25, 0.3) is 5.69 Å². The van der Waals surface area contributed by atoms with E-state index in [0.29, 0.717) is 0 Å². The van der Waals surface area contributed by atoms with E-state index < -0.39 is 20.7 Å². The van der Waals surface area contributed by atoms with Crippen molar-refractivity contribution >= 4 is 27.1 Å². The number of anilines is 1. The number of hydrogen-bond acceptors (Lipinski definition) is 6. The fourth-order valence-corrected chi connectivity index (χ4v) is 3.35. The van der Waals surface area contributed by atoms with Crippen LogP contribution in [0.25, 0.3) is 0 Å². The number of carbonyl (C=O) groups excluding carboxylic acids is 1. The van der Waals surface area contributed by atoms with Crippen molar-refractivity contribution in [2.45, 2.75) is 11.3 Å². The van der Waals surface area contributed by atoms with E-state index in [1.54, 1.807) is 18.2 Å². The highest BCUT2D eigenvalue weighted by molar-refractivity contribution is 7.91. The first-order chi connectivity index (χ1) is 11.8. The first kappa shape index (κ1) is 18.4. The maximum atomic E-state index is 12.2. The lowest BCUT2D eigenvalue weighted by molar-refractivity contribution is -0.384. The number of non-ortho nitro benzene ring substituents is 1. The minimum Gasteiger partial charge on any atom is -0.495 e. The molecule has 0 saturated heterocycles. The number of rotatable bonds is 7. The minimum atomic E-state index is -3.59. The van der Waals surface area contributed by atoms with Gasteiger partial charge in [0.05, 0.1) is 28.4 Å². The molecule has 0 aliphatic heterocycles. The second kappa shape index (κ2) is 7.75. The molecule has 0 aromatic heterocycles. The summed E-state index contributed by atoms with van der Waals surface area (Å²) in [6.45, 7) is 0. The molecule has 0 spiro atoms. The molecule has 0 fully saturated rings. The molecule has 25 heavy (non-hydrogen) atoms. The van der Waals surface area contributed by atoms with Gasteiger partial charge in [-0.3, -0.25) is 14.9 Å². The largest absolute Gasteiger partial charge is 0.495 e. The Morgan fingerprint density at radius 3 is 2.48 bits per heavy atom. The van der Waals surface area contributed by atoms with Crippen molar-refractivity contribution in [2.75, 3.05) is 18.2 Å². The van der Waals surface area contributed by atoms with Gasteiger partial charge >= 0.3 is 0 Å². The molecule has 8 nitrogen and oxygen atoms in total. The summed E-state index contributed by atoms with van der Waals surface area (Å²) in [6.07, 6.45) is -0.289. The van der Waals surface area contributed by atoms with Crippen LogP contribution in [0.5, 0.6) is 5.75 Å². The number of carbonyl (C=O) groups is 1. The molecule has 0 aliphatic rings. The number of nitrogens with one attached hydrogen (secondary N) is 1. The number of methoxy groups -OCH3 is 1. The maximum absolute atomic E-state index is 12.2. The third-order valence-corrected chi connectivity index (χ3v) is 5.10. The van der Waals surface area contributed by atoms with Crippen LogP contribution >= 0.6 is 0 Å². The monoisotopic (exact) mass is 364 g/mol. The molecule has 0 saturated carbocycles. The summed E-state index contributed by atoms with van der Waals surface area (Å²) < 4.78 is 29.4. The summed E-state index contributed by atoms with van der Waals surface area (Å²) >= 11 is 0. The molecule has 0 atom stereocenters. The Balaban J connectivity index is 2.08. The molecule has 0 unspecified atom stereocenters. The van der Waals surface area contributed by atoms with Gasteiger partial charge in [0, 0.05) is 18.6 Å². The van der Waals surface area contributed by atoms with Crippen LogP contribution in [0, 0.1) is 10.1 Å². The molecule has 1 amide bonds. The van der Waals surface area contributed by atoms with Gasteiger partial charge < -0.3 is 10.1 Å². The zero-order chi connectivity index (χ0) is 18.4. The lowest BCUT2D eigenvalue weighted by atomic mass is 10.2. The third kappa shape index (κ3) is 4.77. The Labute approximate surface area is 144 Å². The normalized spacial score (nSPS) is 10.9. The smallest absolute Gasteiger partial charge is 0.271 e. The van der Waals surface area contributed by atoms with E-state index in [2.05, 4.69) is 5.32 Å². The van der Waals surface area contributed by atoms with Gasteiger partial charge in [-0.05, 0) is 18.2 Å². The van der Waals surface area contributed by atoms with E-state index in [0.717, 1.165) is 6.07 Å². The molecule has 0 aliphatic carbocycles. The summed E-state index contributed by atoms with van der Waals surface area (Å²) in [7, 11) is -2.23. The molecule has 2 aromatic carbocycles. The molecule has 1 N–H and O–H groups in total. The Hall–Kier alpha value is -2.94. The van der Waals surface area contributed by atoms with Crippen molar-refractivity contribution in [2.24, 2.45) is 0 Å². The van der Waals surface area contributed by atoms with Crippen molar-refractivity contribution < 1.29 is 22.9 Å². The summed E-state index contributed by atoms with van der Waals surface area (Å²) in [4.78, 5) is 22.4. The number of nitrogens with zero attached hydrogens (tertiary/aromatic N) is 1. The van der Waals surface area contributed by atoms with Crippen LogP contribution in [0.15, 0.2) is 53.4 Å². The van der Waals surface area contributed by atoms with Crippen molar-refractivity contribution in [3.63, 3.8) is 0 Å². The van der Waals surface area contributed by atoms with Crippen molar-refractivity contribution in [3.8, 4) is 5.75 Å². The molecule has 9 heteroatoms. The number of nitro groups is 1. The van der Waals surface area contributed by atoms with Gasteiger partial charge in [0.1, 0.15) is 5.75 Å². The quantitative estimate of drug-likeness (QED) is 0.596. The highest BCUT2D eigenvalue weighted by Gasteiger charge is 2.18. The van der Waals surface area contributed by atoms with Gasteiger partial charge in [0.15, 0.2) is 9.84 Å². The van der Waals surface area contributed by atoms with Gasteiger partial charge in [-0.2, -0.15) is 0 Å². The van der Waals surface area contributed by atoms with Gasteiger partial charge in [-0.1, -0.05) is 18.2 Å². The third-order valence-electron chi connectivity index (χ3n) is 3.37. The standard InChI is InChI=1S/C16H16N2O6S/c1-24-15-8-7-12(18(20)21)11-14(15)17-16(19)9-10-25(22,23)13-5-3-2-4-6-13/h2-8,11H,9-10H2,1H3,(H,17,19). The zero-order valence-corrected chi connectivity index (χ0v) is 14.2. The summed E-state index contributed by atoms with van der Waals surface area (Å²) in [5.41, 5.74) is -0.105. The maximum Gasteiger partial charge on any atom is 0.271 e. The van der Waals surface area contributed by atoms with Crippen LogP contribution in [0.1, 0.15) is 6.42 Å². The van der Waals surface area contributed by atoms with Gasteiger partial charge in [-0.15, -0.1) is 0 Å².